The molecule has 2 aromatic rings. The first-order chi connectivity index (χ1) is 11.8. The Morgan fingerprint density at radius 1 is 1.08 bits per heavy atom. The number of carbonyl (C=O) groups is 1. The van der Waals surface area contributed by atoms with E-state index in [1.165, 1.54) is 28.9 Å². The maximum atomic E-state index is 12.7. The molecule has 1 aromatic heterocycles. The fourth-order valence-corrected chi connectivity index (χ4v) is 4.29. The lowest BCUT2D eigenvalue weighted by atomic mass is 10.1. The number of sulfone groups is 1. The van der Waals surface area contributed by atoms with E-state index in [0.29, 0.717) is 17.0 Å². The molecule has 0 bridgehead atoms. The number of anilines is 1. The Kier molecular flexibility index (Phi) is 5.29. The van der Waals surface area contributed by atoms with Crippen LogP contribution in [0.25, 0.3) is 0 Å². The van der Waals surface area contributed by atoms with Gasteiger partial charge in [-0.1, -0.05) is 12.1 Å². The molecule has 0 saturated carbocycles. The summed E-state index contributed by atoms with van der Waals surface area (Å²) in [4.78, 5) is 12.9. The zero-order valence-electron chi connectivity index (χ0n) is 15.2. The summed E-state index contributed by atoms with van der Waals surface area (Å²) in [7, 11) is -5.54. The number of amides is 1. The van der Waals surface area contributed by atoms with Gasteiger partial charge in [-0.2, -0.15) is 5.10 Å². The predicted molar refractivity (Wildman–Crippen MR) is 98.3 cm³/mol. The molecule has 0 N–H and O–H groups in total. The molecule has 0 spiro atoms. The normalized spacial score (nSPS) is 12.2. The summed E-state index contributed by atoms with van der Waals surface area (Å²) in [6.45, 7) is 3.32. The van der Waals surface area contributed by atoms with Crippen LogP contribution in [0.3, 0.4) is 0 Å². The molecular weight excluding hydrogens is 378 g/mol. The highest BCUT2D eigenvalue weighted by Crippen LogP contribution is 2.27. The summed E-state index contributed by atoms with van der Waals surface area (Å²) >= 11 is 0. The summed E-state index contributed by atoms with van der Waals surface area (Å²) in [5, 5.41) is 4.16. The van der Waals surface area contributed by atoms with Crippen LogP contribution < -0.4 is 4.31 Å². The van der Waals surface area contributed by atoms with Gasteiger partial charge in [0.15, 0.2) is 9.84 Å². The molecule has 0 unspecified atom stereocenters. The highest BCUT2D eigenvalue weighted by atomic mass is 32.2. The zero-order valence-corrected chi connectivity index (χ0v) is 16.8. The first-order valence-corrected chi connectivity index (χ1v) is 11.4. The predicted octanol–water partition coefficient (Wildman–Crippen LogP) is 0.976. The van der Waals surface area contributed by atoms with Crippen LogP contribution in [0.15, 0.2) is 29.2 Å². The van der Waals surface area contributed by atoms with Crippen molar-refractivity contribution >= 4 is 31.5 Å². The molecule has 1 heterocycles. The molecule has 0 radical (unpaired) electrons. The summed E-state index contributed by atoms with van der Waals surface area (Å²) < 4.78 is 49.8. The Hall–Kier alpha value is -2.20. The fourth-order valence-electron chi connectivity index (χ4n) is 2.63. The van der Waals surface area contributed by atoms with Gasteiger partial charge < -0.3 is 0 Å². The van der Waals surface area contributed by atoms with Crippen LogP contribution in [-0.4, -0.2) is 45.0 Å². The molecule has 10 heteroatoms. The van der Waals surface area contributed by atoms with Crippen LogP contribution in [-0.2, 0) is 38.1 Å². The van der Waals surface area contributed by atoms with Gasteiger partial charge in [-0.25, -0.2) is 21.1 Å². The lowest BCUT2D eigenvalue weighted by Crippen LogP contribution is -2.38. The van der Waals surface area contributed by atoms with Gasteiger partial charge in [-0.15, -0.1) is 0 Å². The van der Waals surface area contributed by atoms with Gasteiger partial charge in [0, 0.05) is 13.3 Å². The second-order valence-corrected chi connectivity index (χ2v) is 10.0. The molecule has 0 fully saturated rings. The molecular formula is C16H21N3O5S2. The van der Waals surface area contributed by atoms with Gasteiger partial charge in [-0.05, 0) is 31.5 Å². The van der Waals surface area contributed by atoms with Crippen molar-refractivity contribution in [3.8, 4) is 0 Å². The van der Waals surface area contributed by atoms with E-state index in [0.717, 1.165) is 16.8 Å². The molecule has 2 rings (SSSR count). The van der Waals surface area contributed by atoms with E-state index >= 15 is 0 Å². The number of hydrogen-bond acceptors (Lipinski definition) is 6. The molecule has 142 valence electrons. The number of nitrogens with zero attached hydrogens (tertiary/aromatic N) is 3. The highest BCUT2D eigenvalue weighted by Gasteiger charge is 2.30. The Labute approximate surface area is 153 Å². The molecule has 0 aliphatic rings. The quantitative estimate of drug-likeness (QED) is 0.742. The van der Waals surface area contributed by atoms with Gasteiger partial charge in [0.2, 0.25) is 15.9 Å². The number of sulfonamides is 1. The Morgan fingerprint density at radius 2 is 1.62 bits per heavy atom. The Morgan fingerprint density at radius 3 is 2.00 bits per heavy atom. The zero-order chi connectivity index (χ0) is 19.9. The lowest BCUT2D eigenvalue weighted by molar-refractivity contribution is -0.116. The standard InChI is InChI=1S/C16H21N3O5S2/c1-11-16(12(2)18(3)17-11)19(26(5,23)24)15(20)10-13-6-8-14(9-7-13)25(4,21)22/h6-9H,10H2,1-5H3. The topological polar surface area (TPSA) is 106 Å². The van der Waals surface area contributed by atoms with E-state index in [1.807, 2.05) is 0 Å². The van der Waals surface area contributed by atoms with E-state index in [1.54, 1.807) is 20.9 Å². The third kappa shape index (κ3) is 4.13. The van der Waals surface area contributed by atoms with Crippen molar-refractivity contribution in [1.82, 2.24) is 9.78 Å². The van der Waals surface area contributed by atoms with Crippen LogP contribution in [0.1, 0.15) is 17.0 Å². The third-order valence-electron chi connectivity index (χ3n) is 3.94. The molecule has 1 aromatic carbocycles. The minimum Gasteiger partial charge on any atom is -0.273 e. The van der Waals surface area contributed by atoms with E-state index < -0.39 is 25.8 Å². The first kappa shape index (κ1) is 20.1. The van der Waals surface area contributed by atoms with Crippen molar-refractivity contribution in [1.29, 1.82) is 0 Å². The van der Waals surface area contributed by atoms with Gasteiger partial charge in [0.05, 0.1) is 29.0 Å². The molecule has 8 nitrogen and oxygen atoms in total. The SMILES string of the molecule is Cc1nn(C)c(C)c1N(C(=O)Cc1ccc(S(C)(=O)=O)cc1)S(C)(=O)=O. The largest absolute Gasteiger partial charge is 0.273 e. The Bertz CT molecular complexity index is 1050. The van der Waals surface area contributed by atoms with Crippen LogP contribution in [0.2, 0.25) is 0 Å². The summed E-state index contributed by atoms with van der Waals surface area (Å²) in [5.74, 6) is -0.640. The summed E-state index contributed by atoms with van der Waals surface area (Å²) in [6, 6.07) is 5.78. The van der Waals surface area contributed by atoms with Crippen molar-refractivity contribution in [2.24, 2.45) is 7.05 Å². The Balaban J connectivity index is 2.40. The second-order valence-electron chi connectivity index (χ2n) is 6.16. The van der Waals surface area contributed by atoms with E-state index in [9.17, 15) is 21.6 Å². The molecule has 26 heavy (non-hydrogen) atoms. The maximum Gasteiger partial charge on any atom is 0.245 e. The average molecular weight is 399 g/mol. The minimum absolute atomic E-state index is 0.132. The first-order valence-electron chi connectivity index (χ1n) is 7.64. The van der Waals surface area contributed by atoms with E-state index in [4.69, 9.17) is 0 Å². The van der Waals surface area contributed by atoms with Crippen molar-refractivity contribution in [2.75, 3.05) is 16.8 Å². The number of aromatic nitrogens is 2. The summed E-state index contributed by atoms with van der Waals surface area (Å²) in [5.41, 5.74) is 1.73. The molecule has 0 aliphatic heterocycles. The van der Waals surface area contributed by atoms with Crippen molar-refractivity contribution in [2.45, 2.75) is 25.2 Å². The smallest absolute Gasteiger partial charge is 0.245 e. The van der Waals surface area contributed by atoms with Crippen LogP contribution in [0, 0.1) is 13.8 Å². The number of hydrogen-bond donors (Lipinski definition) is 0. The van der Waals surface area contributed by atoms with E-state index in [2.05, 4.69) is 5.10 Å². The van der Waals surface area contributed by atoms with Crippen LogP contribution in [0.5, 0.6) is 0 Å². The van der Waals surface area contributed by atoms with Gasteiger partial charge >= 0.3 is 0 Å². The van der Waals surface area contributed by atoms with Crippen molar-refractivity contribution in [3.05, 3.63) is 41.2 Å². The average Bonchev–Trinajstić information content (AvgIpc) is 2.72. The molecule has 0 aliphatic carbocycles. The van der Waals surface area contributed by atoms with Gasteiger partial charge in [0.1, 0.15) is 5.69 Å². The van der Waals surface area contributed by atoms with Gasteiger partial charge in [-0.3, -0.25) is 9.48 Å². The number of carbonyl (C=O) groups excluding carboxylic acids is 1. The van der Waals surface area contributed by atoms with Crippen LogP contribution >= 0.6 is 0 Å². The number of aryl methyl sites for hydroxylation is 2. The maximum absolute atomic E-state index is 12.7. The van der Waals surface area contributed by atoms with E-state index in [-0.39, 0.29) is 17.0 Å². The number of rotatable bonds is 5. The lowest BCUT2D eigenvalue weighted by Gasteiger charge is -2.21. The third-order valence-corrected chi connectivity index (χ3v) is 6.12. The summed E-state index contributed by atoms with van der Waals surface area (Å²) in [6.07, 6.45) is 1.86. The molecule has 0 saturated heterocycles. The molecule has 1 amide bonds. The molecule has 0 atom stereocenters. The van der Waals surface area contributed by atoms with Crippen molar-refractivity contribution in [3.63, 3.8) is 0 Å². The second kappa shape index (κ2) is 6.84. The van der Waals surface area contributed by atoms with Crippen molar-refractivity contribution < 1.29 is 21.6 Å². The monoisotopic (exact) mass is 399 g/mol. The minimum atomic E-state index is -3.87. The van der Waals surface area contributed by atoms with Gasteiger partial charge in [0.25, 0.3) is 0 Å². The van der Waals surface area contributed by atoms with Crippen LogP contribution in [0.4, 0.5) is 5.69 Å². The highest BCUT2D eigenvalue weighted by molar-refractivity contribution is 7.92. The number of benzene rings is 1. The fraction of sp³-hybridized carbons (Fsp3) is 0.375.